The largest absolute Gasteiger partial charge is 0.393 e. The summed E-state index contributed by atoms with van der Waals surface area (Å²) in [5.41, 5.74) is 3.17. The van der Waals surface area contributed by atoms with Gasteiger partial charge in [-0.1, -0.05) is 33.5 Å². The van der Waals surface area contributed by atoms with E-state index in [2.05, 4.69) is 45.0 Å². The molecule has 0 amide bonds. The first-order valence-corrected chi connectivity index (χ1v) is 11.0. The van der Waals surface area contributed by atoms with Gasteiger partial charge in [0.1, 0.15) is 8.07 Å². The molecule has 0 radical (unpaired) electrons. The molecule has 0 aromatic carbocycles. The molecule has 4 heteroatoms. The Balaban J connectivity index is 2.47. The van der Waals surface area contributed by atoms with E-state index in [0.29, 0.717) is 19.6 Å². The first-order chi connectivity index (χ1) is 9.04. The van der Waals surface area contributed by atoms with Crippen molar-refractivity contribution in [3.05, 3.63) is 0 Å². The van der Waals surface area contributed by atoms with Gasteiger partial charge in [-0.05, 0) is 13.3 Å². The van der Waals surface area contributed by atoms with Crippen LogP contribution in [0.5, 0.6) is 0 Å². The summed E-state index contributed by atoms with van der Waals surface area (Å²) in [6.07, 6.45) is 1.75. The van der Waals surface area contributed by atoms with E-state index in [0.717, 1.165) is 12.8 Å². The fraction of sp³-hybridized carbons (Fsp3) is 0.875. The Labute approximate surface area is 125 Å². The van der Waals surface area contributed by atoms with Crippen LogP contribution in [0.3, 0.4) is 0 Å². The average Bonchev–Trinajstić information content (AvgIpc) is 2.71. The van der Waals surface area contributed by atoms with E-state index in [1.165, 1.54) is 0 Å². The molecule has 1 aliphatic heterocycles. The van der Waals surface area contributed by atoms with Crippen molar-refractivity contribution in [1.29, 1.82) is 0 Å². The summed E-state index contributed by atoms with van der Waals surface area (Å²) in [6, 6.07) is 0. The van der Waals surface area contributed by atoms with Gasteiger partial charge in [0.05, 0.1) is 19.3 Å². The van der Waals surface area contributed by atoms with Gasteiger partial charge in [0.15, 0.2) is 5.79 Å². The Morgan fingerprint density at radius 1 is 1.25 bits per heavy atom. The lowest BCUT2D eigenvalue weighted by atomic mass is 9.81. The standard InChI is InChI=1S/C16H30O3Si/c1-15(2,9-7-13-20(4,5)6)14(17)8-10-16(3)18-11-12-19-16/h14,17H,8-12H2,1-6H3/t14-/m1/s1. The van der Waals surface area contributed by atoms with Gasteiger partial charge in [-0.2, -0.15) is 0 Å². The van der Waals surface area contributed by atoms with Crippen LogP contribution in [-0.4, -0.2) is 38.3 Å². The van der Waals surface area contributed by atoms with Crippen LogP contribution in [0, 0.1) is 16.9 Å². The average molecular weight is 298 g/mol. The molecule has 0 aliphatic carbocycles. The molecule has 0 aromatic heterocycles. The molecule has 116 valence electrons. The molecule has 20 heavy (non-hydrogen) atoms. The number of hydrogen-bond donors (Lipinski definition) is 1. The second-order valence-corrected chi connectivity index (χ2v) is 12.4. The first-order valence-electron chi connectivity index (χ1n) is 7.50. The molecule has 1 atom stereocenters. The third-order valence-electron chi connectivity index (χ3n) is 3.68. The molecular weight excluding hydrogens is 268 g/mol. The predicted molar refractivity (Wildman–Crippen MR) is 85.1 cm³/mol. The van der Waals surface area contributed by atoms with Crippen LogP contribution in [0.4, 0.5) is 0 Å². The fourth-order valence-corrected chi connectivity index (χ4v) is 2.76. The van der Waals surface area contributed by atoms with Crippen molar-refractivity contribution < 1.29 is 14.6 Å². The minimum atomic E-state index is -1.33. The number of hydrogen-bond acceptors (Lipinski definition) is 3. The highest BCUT2D eigenvalue weighted by Gasteiger charge is 2.34. The van der Waals surface area contributed by atoms with Crippen LogP contribution in [-0.2, 0) is 9.47 Å². The van der Waals surface area contributed by atoms with Crippen LogP contribution in [0.1, 0.15) is 40.0 Å². The third kappa shape index (κ3) is 5.97. The topological polar surface area (TPSA) is 38.7 Å². The van der Waals surface area contributed by atoms with Crippen molar-refractivity contribution in [2.45, 2.75) is 71.6 Å². The van der Waals surface area contributed by atoms with Gasteiger partial charge in [0.25, 0.3) is 0 Å². The Hall–Kier alpha value is -0.343. The molecule has 1 rings (SSSR count). The highest BCUT2D eigenvalue weighted by Crippen LogP contribution is 2.32. The van der Waals surface area contributed by atoms with Crippen LogP contribution < -0.4 is 0 Å². The van der Waals surface area contributed by atoms with E-state index in [9.17, 15) is 5.11 Å². The van der Waals surface area contributed by atoms with Gasteiger partial charge in [0, 0.05) is 18.3 Å². The normalized spacial score (nSPS) is 20.4. The molecule has 3 nitrogen and oxygen atoms in total. The van der Waals surface area contributed by atoms with Gasteiger partial charge in [-0.25, -0.2) is 0 Å². The first kappa shape index (κ1) is 17.7. The molecular formula is C16H30O3Si. The van der Waals surface area contributed by atoms with Crippen molar-refractivity contribution in [2.24, 2.45) is 5.41 Å². The smallest absolute Gasteiger partial charge is 0.165 e. The highest BCUT2D eigenvalue weighted by atomic mass is 28.3. The summed E-state index contributed by atoms with van der Waals surface area (Å²) in [7, 11) is -1.33. The molecule has 0 unspecified atom stereocenters. The summed E-state index contributed by atoms with van der Waals surface area (Å²) in [4.78, 5) is 0. The van der Waals surface area contributed by atoms with E-state index >= 15 is 0 Å². The Kier molecular flexibility index (Phi) is 5.86. The molecule has 0 spiro atoms. The van der Waals surface area contributed by atoms with E-state index < -0.39 is 13.9 Å². The fourth-order valence-electron chi connectivity index (χ4n) is 2.15. The second-order valence-electron chi connectivity index (χ2n) is 7.60. The summed E-state index contributed by atoms with van der Waals surface area (Å²) < 4.78 is 11.1. The lowest BCUT2D eigenvalue weighted by Gasteiger charge is -2.31. The highest BCUT2D eigenvalue weighted by molar-refractivity contribution is 6.83. The number of ether oxygens (including phenoxy) is 2. The molecule has 1 saturated heterocycles. The quantitative estimate of drug-likeness (QED) is 0.626. The molecule has 1 heterocycles. The molecule has 1 aliphatic rings. The van der Waals surface area contributed by atoms with Crippen LogP contribution in [0.15, 0.2) is 0 Å². The van der Waals surface area contributed by atoms with Crippen molar-refractivity contribution >= 4 is 8.07 Å². The van der Waals surface area contributed by atoms with Crippen LogP contribution in [0.25, 0.3) is 0 Å². The number of rotatable bonds is 5. The summed E-state index contributed by atoms with van der Waals surface area (Å²) in [5.74, 6) is 2.76. The van der Waals surface area contributed by atoms with Gasteiger partial charge >= 0.3 is 0 Å². The summed E-state index contributed by atoms with van der Waals surface area (Å²) >= 11 is 0. The third-order valence-corrected chi connectivity index (χ3v) is 4.61. The predicted octanol–water partition coefficient (Wildman–Crippen LogP) is 3.19. The minimum absolute atomic E-state index is 0.193. The zero-order chi connectivity index (χ0) is 15.4. The molecule has 1 N–H and O–H groups in total. The Morgan fingerprint density at radius 2 is 1.80 bits per heavy atom. The van der Waals surface area contributed by atoms with Gasteiger partial charge in [-0.3, -0.25) is 0 Å². The Bertz CT molecular complexity index is 367. The number of aliphatic hydroxyl groups excluding tert-OH is 1. The maximum Gasteiger partial charge on any atom is 0.165 e. The maximum atomic E-state index is 10.4. The van der Waals surface area contributed by atoms with Crippen LogP contribution in [0.2, 0.25) is 19.6 Å². The maximum absolute atomic E-state index is 10.4. The van der Waals surface area contributed by atoms with Crippen LogP contribution >= 0.6 is 0 Å². The molecule has 0 bridgehead atoms. The Morgan fingerprint density at radius 3 is 2.30 bits per heavy atom. The second kappa shape index (κ2) is 6.61. The zero-order valence-corrected chi connectivity index (χ0v) is 14.9. The van der Waals surface area contributed by atoms with Gasteiger partial charge < -0.3 is 14.6 Å². The molecule has 0 aromatic rings. The summed E-state index contributed by atoms with van der Waals surface area (Å²) in [5, 5.41) is 10.4. The number of aliphatic hydroxyl groups is 1. The molecule has 1 fully saturated rings. The minimum Gasteiger partial charge on any atom is -0.393 e. The van der Waals surface area contributed by atoms with Gasteiger partial charge in [-0.15, -0.1) is 11.5 Å². The zero-order valence-electron chi connectivity index (χ0n) is 13.9. The van der Waals surface area contributed by atoms with Crippen molar-refractivity contribution in [1.82, 2.24) is 0 Å². The van der Waals surface area contributed by atoms with Gasteiger partial charge in [0.2, 0.25) is 0 Å². The monoisotopic (exact) mass is 298 g/mol. The van der Waals surface area contributed by atoms with Crippen molar-refractivity contribution in [3.63, 3.8) is 0 Å². The van der Waals surface area contributed by atoms with E-state index in [-0.39, 0.29) is 11.5 Å². The summed E-state index contributed by atoms with van der Waals surface area (Å²) in [6.45, 7) is 14.1. The van der Waals surface area contributed by atoms with E-state index in [4.69, 9.17) is 9.47 Å². The van der Waals surface area contributed by atoms with Crippen molar-refractivity contribution in [2.75, 3.05) is 13.2 Å². The lowest BCUT2D eigenvalue weighted by Crippen LogP contribution is -2.33. The van der Waals surface area contributed by atoms with E-state index in [1.807, 2.05) is 6.92 Å². The lowest BCUT2D eigenvalue weighted by molar-refractivity contribution is -0.153. The van der Waals surface area contributed by atoms with Crippen molar-refractivity contribution in [3.8, 4) is 11.5 Å². The molecule has 0 saturated carbocycles. The SMILES string of the molecule is CC1(CC[C@@H](O)C(C)(C)CC#C[Si](C)(C)C)OCCO1. The van der Waals surface area contributed by atoms with E-state index in [1.54, 1.807) is 0 Å².